The molecule has 1 aromatic rings. The van der Waals surface area contributed by atoms with Crippen molar-refractivity contribution in [3.05, 3.63) is 32.8 Å². The van der Waals surface area contributed by atoms with E-state index >= 15 is 0 Å². The number of nitro benzene ring substituents is 1. The highest BCUT2D eigenvalue weighted by Crippen LogP contribution is 2.27. The number of hydrogen-bond donors (Lipinski definition) is 1. The lowest BCUT2D eigenvalue weighted by atomic mass is 10.2. The van der Waals surface area contributed by atoms with Crippen LogP contribution in [-0.4, -0.2) is 48.7 Å². The van der Waals surface area contributed by atoms with Crippen LogP contribution in [0.4, 0.5) is 11.4 Å². The topological polar surface area (TPSA) is 67.6 Å². The minimum Gasteiger partial charge on any atom is -0.377 e. The molecule has 0 spiro atoms. The zero-order chi connectivity index (χ0) is 14.5. The monoisotopic (exact) mass is 343 g/mol. The van der Waals surface area contributed by atoms with E-state index in [0.29, 0.717) is 18.8 Å². The van der Waals surface area contributed by atoms with Gasteiger partial charge >= 0.3 is 0 Å². The Hall–Kier alpha value is -1.18. The highest BCUT2D eigenvalue weighted by molar-refractivity contribution is 9.10. The van der Waals surface area contributed by atoms with Crippen molar-refractivity contribution in [3.8, 4) is 0 Å². The largest absolute Gasteiger partial charge is 0.377 e. The van der Waals surface area contributed by atoms with Crippen LogP contribution in [0.25, 0.3) is 0 Å². The van der Waals surface area contributed by atoms with Crippen molar-refractivity contribution in [2.45, 2.75) is 13.0 Å². The number of morpholine rings is 1. The van der Waals surface area contributed by atoms with Crippen LogP contribution in [0.15, 0.2) is 22.7 Å². The van der Waals surface area contributed by atoms with Crippen molar-refractivity contribution in [3.63, 3.8) is 0 Å². The zero-order valence-electron chi connectivity index (χ0n) is 11.3. The normalized spacial score (nSPS) is 19.8. The zero-order valence-corrected chi connectivity index (χ0v) is 12.9. The molecule has 1 fully saturated rings. The molecule has 20 heavy (non-hydrogen) atoms. The maximum atomic E-state index is 11.0. The number of nitrogens with one attached hydrogen (secondary N) is 1. The standard InChI is InChI=1S/C13H18BrN3O3/c1-2-16-5-6-20-11(9-16)8-15-12-7-10(14)3-4-13(12)17(18)19/h3-4,7,11,15H,2,5-6,8-9H2,1H3. The molecule has 0 saturated carbocycles. The summed E-state index contributed by atoms with van der Waals surface area (Å²) in [6.45, 7) is 6.19. The van der Waals surface area contributed by atoms with Crippen LogP contribution in [0.5, 0.6) is 0 Å². The third-order valence-corrected chi connectivity index (χ3v) is 3.84. The Morgan fingerprint density at radius 1 is 1.60 bits per heavy atom. The van der Waals surface area contributed by atoms with Gasteiger partial charge in [-0.1, -0.05) is 22.9 Å². The molecule has 1 aliphatic heterocycles. The average molecular weight is 344 g/mol. The molecule has 1 atom stereocenters. The molecule has 7 heteroatoms. The molecule has 110 valence electrons. The van der Waals surface area contributed by atoms with Gasteiger partial charge in [-0.2, -0.15) is 0 Å². The molecular weight excluding hydrogens is 326 g/mol. The first kappa shape index (κ1) is 15.2. The summed E-state index contributed by atoms with van der Waals surface area (Å²) in [5, 5.41) is 14.1. The first-order valence-corrected chi connectivity index (χ1v) is 7.41. The summed E-state index contributed by atoms with van der Waals surface area (Å²) in [5.74, 6) is 0. The fourth-order valence-electron chi connectivity index (χ4n) is 2.22. The number of nitrogens with zero attached hydrogens (tertiary/aromatic N) is 2. The molecular formula is C13H18BrN3O3. The number of likely N-dealkylation sites (N-methyl/N-ethyl adjacent to an activating group) is 1. The predicted molar refractivity (Wildman–Crippen MR) is 81.1 cm³/mol. The molecule has 1 unspecified atom stereocenters. The highest BCUT2D eigenvalue weighted by atomic mass is 79.9. The van der Waals surface area contributed by atoms with Crippen molar-refractivity contribution in [1.82, 2.24) is 4.90 Å². The van der Waals surface area contributed by atoms with Crippen LogP contribution in [0.3, 0.4) is 0 Å². The molecule has 1 saturated heterocycles. The van der Waals surface area contributed by atoms with Crippen LogP contribution in [-0.2, 0) is 4.74 Å². The van der Waals surface area contributed by atoms with Crippen molar-refractivity contribution in [2.24, 2.45) is 0 Å². The van der Waals surface area contributed by atoms with Crippen LogP contribution >= 0.6 is 15.9 Å². The van der Waals surface area contributed by atoms with Crippen LogP contribution in [0, 0.1) is 10.1 Å². The molecule has 6 nitrogen and oxygen atoms in total. The predicted octanol–water partition coefficient (Wildman–Crippen LogP) is 2.49. The van der Waals surface area contributed by atoms with E-state index in [2.05, 4.69) is 33.1 Å². The second-order valence-corrected chi connectivity index (χ2v) is 5.60. The SMILES string of the molecule is CCN1CCOC(CNc2cc(Br)ccc2[N+](=O)[O-])C1. The van der Waals surface area contributed by atoms with E-state index in [0.717, 1.165) is 24.1 Å². The van der Waals surface area contributed by atoms with Gasteiger partial charge in [-0.25, -0.2) is 0 Å². The van der Waals surface area contributed by atoms with Gasteiger partial charge in [-0.3, -0.25) is 15.0 Å². The lowest BCUT2D eigenvalue weighted by Crippen LogP contribution is -2.45. The van der Waals surface area contributed by atoms with Gasteiger partial charge in [-0.05, 0) is 18.7 Å². The van der Waals surface area contributed by atoms with Gasteiger partial charge in [0.2, 0.25) is 0 Å². The van der Waals surface area contributed by atoms with Crippen molar-refractivity contribution in [1.29, 1.82) is 0 Å². The van der Waals surface area contributed by atoms with Crippen molar-refractivity contribution in [2.75, 3.05) is 38.1 Å². The van der Waals surface area contributed by atoms with Crippen molar-refractivity contribution < 1.29 is 9.66 Å². The number of halogens is 1. The summed E-state index contributed by atoms with van der Waals surface area (Å²) >= 11 is 3.33. The Bertz CT molecular complexity index is 484. The Morgan fingerprint density at radius 3 is 3.10 bits per heavy atom. The second-order valence-electron chi connectivity index (χ2n) is 4.69. The molecule has 1 aromatic carbocycles. The van der Waals surface area contributed by atoms with Crippen LogP contribution in [0.2, 0.25) is 0 Å². The second kappa shape index (κ2) is 7.01. The van der Waals surface area contributed by atoms with Crippen LogP contribution in [0.1, 0.15) is 6.92 Å². The first-order valence-electron chi connectivity index (χ1n) is 6.62. The van der Waals surface area contributed by atoms with Gasteiger partial charge in [0.05, 0.1) is 17.6 Å². The summed E-state index contributed by atoms with van der Waals surface area (Å²) in [7, 11) is 0. The number of nitro groups is 1. The van der Waals surface area contributed by atoms with E-state index in [9.17, 15) is 10.1 Å². The van der Waals surface area contributed by atoms with Gasteiger partial charge in [0.1, 0.15) is 5.69 Å². The molecule has 1 heterocycles. The molecule has 1 aliphatic rings. The van der Waals surface area contributed by atoms with E-state index < -0.39 is 0 Å². The Labute approximate surface area is 126 Å². The fraction of sp³-hybridized carbons (Fsp3) is 0.538. The fourth-order valence-corrected chi connectivity index (χ4v) is 2.59. The molecule has 0 bridgehead atoms. The highest BCUT2D eigenvalue weighted by Gasteiger charge is 2.20. The molecule has 2 rings (SSSR count). The van der Waals surface area contributed by atoms with Gasteiger partial charge in [0, 0.05) is 30.2 Å². The first-order chi connectivity index (χ1) is 9.60. The Balaban J connectivity index is 1.99. The maximum absolute atomic E-state index is 11.0. The van der Waals surface area contributed by atoms with E-state index in [1.165, 1.54) is 6.07 Å². The third kappa shape index (κ3) is 3.91. The van der Waals surface area contributed by atoms with Gasteiger partial charge in [-0.15, -0.1) is 0 Å². The van der Waals surface area contributed by atoms with E-state index in [1.807, 2.05) is 0 Å². The molecule has 0 amide bonds. The van der Waals surface area contributed by atoms with E-state index in [1.54, 1.807) is 12.1 Å². The summed E-state index contributed by atoms with van der Waals surface area (Å²) in [6, 6.07) is 4.88. The van der Waals surface area contributed by atoms with Crippen molar-refractivity contribution >= 4 is 27.3 Å². The number of rotatable bonds is 5. The van der Waals surface area contributed by atoms with E-state index in [4.69, 9.17) is 4.74 Å². The number of benzene rings is 1. The summed E-state index contributed by atoms with van der Waals surface area (Å²) in [5.41, 5.74) is 0.595. The summed E-state index contributed by atoms with van der Waals surface area (Å²) in [6.07, 6.45) is 0.0577. The van der Waals surface area contributed by atoms with Gasteiger partial charge in [0.15, 0.2) is 0 Å². The molecule has 1 N–H and O–H groups in total. The average Bonchev–Trinajstić information content (AvgIpc) is 2.45. The van der Waals surface area contributed by atoms with Gasteiger partial charge < -0.3 is 10.1 Å². The smallest absolute Gasteiger partial charge is 0.292 e. The third-order valence-electron chi connectivity index (χ3n) is 3.35. The molecule has 0 aromatic heterocycles. The minimum atomic E-state index is -0.380. The molecule has 0 aliphatic carbocycles. The summed E-state index contributed by atoms with van der Waals surface area (Å²) in [4.78, 5) is 12.9. The Kier molecular flexibility index (Phi) is 5.33. The lowest BCUT2D eigenvalue weighted by Gasteiger charge is -2.32. The minimum absolute atomic E-state index is 0.0577. The van der Waals surface area contributed by atoms with Gasteiger partial charge in [0.25, 0.3) is 5.69 Å². The lowest BCUT2D eigenvalue weighted by molar-refractivity contribution is -0.384. The van der Waals surface area contributed by atoms with Crippen LogP contribution < -0.4 is 5.32 Å². The summed E-state index contributed by atoms with van der Waals surface area (Å²) < 4.78 is 6.49. The molecule has 0 radical (unpaired) electrons. The number of hydrogen-bond acceptors (Lipinski definition) is 5. The van der Waals surface area contributed by atoms with E-state index in [-0.39, 0.29) is 16.7 Å². The maximum Gasteiger partial charge on any atom is 0.292 e. The quantitative estimate of drug-likeness (QED) is 0.657. The number of ether oxygens (including phenoxy) is 1. The number of anilines is 1. The Morgan fingerprint density at radius 2 is 2.40 bits per heavy atom.